The molecule has 0 aromatic heterocycles. The van der Waals surface area contributed by atoms with Gasteiger partial charge >= 0.3 is 5.97 Å². The van der Waals surface area contributed by atoms with E-state index in [2.05, 4.69) is 16.7 Å². The van der Waals surface area contributed by atoms with Crippen molar-refractivity contribution in [2.75, 3.05) is 26.2 Å². The zero-order valence-corrected chi connectivity index (χ0v) is 11.9. The average Bonchev–Trinajstić information content (AvgIpc) is 2.72. The highest BCUT2D eigenvalue weighted by molar-refractivity contribution is 5.73. The van der Waals surface area contributed by atoms with Gasteiger partial charge in [0.2, 0.25) is 0 Å². The second-order valence-corrected chi connectivity index (χ2v) is 6.57. The van der Waals surface area contributed by atoms with Crippen LogP contribution in [0, 0.1) is 5.41 Å². The van der Waals surface area contributed by atoms with Crippen LogP contribution in [0.15, 0.2) is 0 Å². The summed E-state index contributed by atoms with van der Waals surface area (Å²) in [6.45, 7) is 10.4. The number of hydrogen-bond acceptors (Lipinski definition) is 3. The number of aliphatic carboxylic acids is 1. The summed E-state index contributed by atoms with van der Waals surface area (Å²) in [5, 5.41) is 9.16. The smallest absolute Gasteiger partial charge is 0.309 e. The third kappa shape index (κ3) is 2.86. The molecule has 0 aromatic rings. The van der Waals surface area contributed by atoms with Crippen LogP contribution in [0.25, 0.3) is 0 Å². The van der Waals surface area contributed by atoms with Crippen molar-refractivity contribution < 1.29 is 9.90 Å². The highest BCUT2D eigenvalue weighted by Crippen LogP contribution is 2.27. The minimum atomic E-state index is -0.686. The first-order valence-electron chi connectivity index (χ1n) is 7.11. The van der Waals surface area contributed by atoms with Gasteiger partial charge in [-0.2, -0.15) is 0 Å². The number of nitrogens with zero attached hydrogens (tertiary/aromatic N) is 2. The number of carboxylic acid groups (broad SMARTS) is 1. The Hall–Kier alpha value is -0.610. The van der Waals surface area contributed by atoms with Crippen LogP contribution in [-0.4, -0.2) is 59.1 Å². The lowest BCUT2D eigenvalue weighted by molar-refractivity contribution is -0.147. The van der Waals surface area contributed by atoms with Gasteiger partial charge in [-0.15, -0.1) is 0 Å². The number of rotatable bonds is 4. The van der Waals surface area contributed by atoms with E-state index in [1.165, 1.54) is 19.4 Å². The lowest BCUT2D eigenvalue weighted by atomic mass is 9.89. The second kappa shape index (κ2) is 5.17. The largest absolute Gasteiger partial charge is 0.481 e. The molecule has 2 aliphatic heterocycles. The van der Waals surface area contributed by atoms with Gasteiger partial charge in [0.15, 0.2) is 0 Å². The first kappa shape index (κ1) is 13.8. The maximum atomic E-state index is 11.1. The normalized spacial score (nSPS) is 30.4. The minimum Gasteiger partial charge on any atom is -0.481 e. The number of hydrogen-bond donors (Lipinski definition) is 1. The van der Waals surface area contributed by atoms with Crippen LogP contribution >= 0.6 is 0 Å². The van der Waals surface area contributed by atoms with Crippen molar-refractivity contribution in [3.63, 3.8) is 0 Å². The molecule has 2 unspecified atom stereocenters. The molecule has 4 heteroatoms. The molecule has 2 aliphatic rings. The van der Waals surface area contributed by atoms with E-state index >= 15 is 0 Å². The molecule has 2 saturated heterocycles. The van der Waals surface area contributed by atoms with Gasteiger partial charge in [0.05, 0.1) is 5.41 Å². The Kier molecular flexibility index (Phi) is 3.97. The van der Waals surface area contributed by atoms with Crippen molar-refractivity contribution in [1.29, 1.82) is 0 Å². The zero-order chi connectivity index (χ0) is 13.3. The van der Waals surface area contributed by atoms with Gasteiger partial charge in [0.25, 0.3) is 0 Å². The molecule has 104 valence electrons. The highest BCUT2D eigenvalue weighted by atomic mass is 16.4. The summed E-state index contributed by atoms with van der Waals surface area (Å²) in [4.78, 5) is 16.2. The Bertz CT molecular complexity index is 317. The van der Waals surface area contributed by atoms with Crippen LogP contribution in [0.1, 0.15) is 40.0 Å². The number of piperazine rings is 1. The summed E-state index contributed by atoms with van der Waals surface area (Å²) in [7, 11) is 0. The molecule has 0 spiro atoms. The van der Waals surface area contributed by atoms with E-state index in [1.54, 1.807) is 0 Å². The van der Waals surface area contributed by atoms with Crippen molar-refractivity contribution in [1.82, 2.24) is 9.80 Å². The summed E-state index contributed by atoms with van der Waals surface area (Å²) in [5.41, 5.74) is -0.605. The van der Waals surface area contributed by atoms with Crippen LogP contribution in [0.4, 0.5) is 0 Å². The molecule has 2 rings (SSSR count). The molecule has 0 aliphatic carbocycles. The predicted molar refractivity (Wildman–Crippen MR) is 71.7 cm³/mol. The number of carboxylic acids is 1. The van der Waals surface area contributed by atoms with Gasteiger partial charge in [-0.3, -0.25) is 14.6 Å². The Morgan fingerprint density at radius 2 is 2.11 bits per heavy atom. The average molecular weight is 254 g/mol. The SMILES string of the molecule is CC1CN2CCCC2CN1CCC(C)(C)C(=O)O. The zero-order valence-electron chi connectivity index (χ0n) is 11.9. The quantitative estimate of drug-likeness (QED) is 0.828. The second-order valence-electron chi connectivity index (χ2n) is 6.57. The lowest BCUT2D eigenvalue weighted by Crippen LogP contribution is -2.55. The molecule has 0 bridgehead atoms. The summed E-state index contributed by atoms with van der Waals surface area (Å²) < 4.78 is 0. The standard InChI is InChI=1S/C14H26N2O2/c1-11-9-16-7-4-5-12(16)10-15(11)8-6-14(2,3)13(17)18/h11-12H,4-10H2,1-3H3,(H,17,18). The molecule has 0 saturated carbocycles. The molecular weight excluding hydrogens is 228 g/mol. The van der Waals surface area contributed by atoms with E-state index in [9.17, 15) is 4.79 Å². The molecule has 0 amide bonds. The van der Waals surface area contributed by atoms with Crippen molar-refractivity contribution in [3.8, 4) is 0 Å². The van der Waals surface area contributed by atoms with E-state index in [0.29, 0.717) is 12.1 Å². The topological polar surface area (TPSA) is 43.8 Å². The molecule has 4 nitrogen and oxygen atoms in total. The van der Waals surface area contributed by atoms with E-state index in [1.807, 2.05) is 13.8 Å². The Balaban J connectivity index is 1.87. The van der Waals surface area contributed by atoms with E-state index in [4.69, 9.17) is 5.11 Å². The van der Waals surface area contributed by atoms with Crippen LogP contribution in [-0.2, 0) is 4.79 Å². The van der Waals surface area contributed by atoms with E-state index in [-0.39, 0.29) is 0 Å². The maximum Gasteiger partial charge on any atom is 0.309 e. The van der Waals surface area contributed by atoms with Crippen LogP contribution in [0.3, 0.4) is 0 Å². The molecule has 2 heterocycles. The van der Waals surface area contributed by atoms with E-state index < -0.39 is 11.4 Å². The predicted octanol–water partition coefficient (Wildman–Crippen LogP) is 1.66. The highest BCUT2D eigenvalue weighted by Gasteiger charge is 2.35. The maximum absolute atomic E-state index is 11.1. The van der Waals surface area contributed by atoms with E-state index in [0.717, 1.165) is 26.1 Å². The summed E-state index contributed by atoms with van der Waals surface area (Å²) >= 11 is 0. The molecule has 0 aromatic carbocycles. The molecule has 18 heavy (non-hydrogen) atoms. The Morgan fingerprint density at radius 3 is 2.78 bits per heavy atom. The fraction of sp³-hybridized carbons (Fsp3) is 0.929. The molecular formula is C14H26N2O2. The van der Waals surface area contributed by atoms with Crippen LogP contribution in [0.5, 0.6) is 0 Å². The fourth-order valence-corrected chi connectivity index (χ4v) is 3.09. The molecule has 2 fully saturated rings. The minimum absolute atomic E-state index is 0.559. The van der Waals surface area contributed by atoms with Crippen LogP contribution in [0.2, 0.25) is 0 Å². The number of carbonyl (C=O) groups is 1. The van der Waals surface area contributed by atoms with Crippen molar-refractivity contribution in [3.05, 3.63) is 0 Å². The first-order chi connectivity index (χ1) is 8.40. The van der Waals surface area contributed by atoms with Gasteiger partial charge in [0, 0.05) is 25.2 Å². The fourth-order valence-electron chi connectivity index (χ4n) is 3.09. The summed E-state index contributed by atoms with van der Waals surface area (Å²) in [6, 6.07) is 1.28. The van der Waals surface area contributed by atoms with Gasteiger partial charge in [-0.1, -0.05) is 0 Å². The monoisotopic (exact) mass is 254 g/mol. The molecule has 2 atom stereocenters. The van der Waals surface area contributed by atoms with Gasteiger partial charge in [-0.25, -0.2) is 0 Å². The summed E-state index contributed by atoms with van der Waals surface area (Å²) in [5.74, 6) is -0.686. The molecule has 0 radical (unpaired) electrons. The lowest BCUT2D eigenvalue weighted by Gasteiger charge is -2.43. The van der Waals surface area contributed by atoms with Gasteiger partial charge in [-0.05, 0) is 53.1 Å². The van der Waals surface area contributed by atoms with Crippen LogP contribution < -0.4 is 0 Å². The van der Waals surface area contributed by atoms with Crippen molar-refractivity contribution in [2.45, 2.75) is 52.1 Å². The third-order valence-corrected chi connectivity index (χ3v) is 4.67. The molecule has 1 N–H and O–H groups in total. The summed E-state index contributed by atoms with van der Waals surface area (Å²) in [6.07, 6.45) is 3.37. The first-order valence-corrected chi connectivity index (χ1v) is 7.11. The third-order valence-electron chi connectivity index (χ3n) is 4.67. The van der Waals surface area contributed by atoms with Gasteiger partial charge < -0.3 is 5.11 Å². The number of fused-ring (bicyclic) bond motifs is 1. The van der Waals surface area contributed by atoms with Gasteiger partial charge in [0.1, 0.15) is 0 Å². The Labute approximate surface area is 110 Å². The van der Waals surface area contributed by atoms with Crippen molar-refractivity contribution >= 4 is 5.97 Å². The van der Waals surface area contributed by atoms with Crippen molar-refractivity contribution in [2.24, 2.45) is 5.41 Å². The Morgan fingerprint density at radius 1 is 1.39 bits per heavy atom.